The molecule has 1 fully saturated rings. The molecule has 116 valence electrons. The first kappa shape index (κ1) is 16.1. The van der Waals surface area contributed by atoms with E-state index in [0.29, 0.717) is 18.7 Å². The monoisotopic (exact) mass is 312 g/mol. The second-order valence-electron chi connectivity index (χ2n) is 4.77. The highest BCUT2D eigenvalue weighted by Gasteiger charge is 2.39. The number of aryl methyl sites for hydroxylation is 1. The lowest BCUT2D eigenvalue weighted by atomic mass is 10.2. The van der Waals surface area contributed by atoms with Crippen LogP contribution in [0.2, 0.25) is 0 Å². The Labute approximate surface area is 127 Å². The Morgan fingerprint density at radius 1 is 1.43 bits per heavy atom. The number of nitrogens with zero attached hydrogens (tertiary/aromatic N) is 1. The molecule has 1 amide bonds. The molecular formula is C14H20N2O4S. The molecule has 0 aliphatic carbocycles. The van der Waals surface area contributed by atoms with E-state index in [1.807, 2.05) is 6.92 Å². The molecule has 1 N–H and O–H groups in total. The number of aromatic nitrogens is 1. The van der Waals surface area contributed by atoms with Crippen LogP contribution in [-0.2, 0) is 20.8 Å². The lowest BCUT2D eigenvalue weighted by molar-refractivity contribution is -0.116. The van der Waals surface area contributed by atoms with Crippen molar-refractivity contribution in [1.29, 1.82) is 0 Å². The predicted octanol–water partition coefficient (Wildman–Crippen LogP) is 1.30. The van der Waals surface area contributed by atoms with Crippen LogP contribution in [0, 0.1) is 0 Å². The molecule has 21 heavy (non-hydrogen) atoms. The normalized spacial score (nSPS) is 25.0. The molecule has 1 saturated heterocycles. The molecule has 2 rings (SSSR count). The van der Waals surface area contributed by atoms with Gasteiger partial charge in [0.2, 0.25) is 5.91 Å². The van der Waals surface area contributed by atoms with E-state index in [-0.39, 0.29) is 28.3 Å². The van der Waals surface area contributed by atoms with E-state index >= 15 is 0 Å². The third kappa shape index (κ3) is 3.66. The number of pyridine rings is 1. The maximum Gasteiger partial charge on any atom is 0.250 e. The maximum atomic E-state index is 12.3. The van der Waals surface area contributed by atoms with Gasteiger partial charge in [-0.25, -0.2) is 0 Å². The molecule has 6 nitrogen and oxygen atoms in total. The number of anilines is 1. The van der Waals surface area contributed by atoms with E-state index in [0.717, 1.165) is 0 Å². The van der Waals surface area contributed by atoms with E-state index in [1.54, 1.807) is 31.0 Å². The Morgan fingerprint density at radius 3 is 2.76 bits per heavy atom. The van der Waals surface area contributed by atoms with Crippen molar-refractivity contribution < 1.29 is 14.3 Å². The summed E-state index contributed by atoms with van der Waals surface area (Å²) in [5.41, 5.74) is 0.414. The zero-order chi connectivity index (χ0) is 15.4. The highest BCUT2D eigenvalue weighted by atomic mass is 32.2. The van der Waals surface area contributed by atoms with Gasteiger partial charge in [0.25, 0.3) is 5.56 Å². The first-order valence-electron chi connectivity index (χ1n) is 6.81. The van der Waals surface area contributed by atoms with Crippen LogP contribution in [0.5, 0.6) is 0 Å². The maximum absolute atomic E-state index is 12.3. The molecule has 0 radical (unpaired) electrons. The second kappa shape index (κ2) is 7.11. The van der Waals surface area contributed by atoms with Gasteiger partial charge in [-0.3, -0.25) is 9.59 Å². The molecule has 0 bridgehead atoms. The van der Waals surface area contributed by atoms with Crippen LogP contribution in [0.15, 0.2) is 23.1 Å². The Balaban J connectivity index is 2.03. The number of carbonyl (C=O) groups excluding carboxylic acids is 1. The number of hydrogen-bond donors (Lipinski definition) is 1. The fraction of sp³-hybridized carbons (Fsp3) is 0.571. The van der Waals surface area contributed by atoms with Crippen molar-refractivity contribution in [1.82, 2.24) is 4.57 Å². The average Bonchev–Trinajstić information content (AvgIpc) is 2.92. The number of thioether (sulfide) groups is 1. The summed E-state index contributed by atoms with van der Waals surface area (Å²) in [6.45, 7) is 2.45. The van der Waals surface area contributed by atoms with Gasteiger partial charge in [-0.2, -0.15) is 0 Å². The van der Waals surface area contributed by atoms with Crippen molar-refractivity contribution >= 4 is 23.4 Å². The number of ether oxygens (including phenoxy) is 2. The lowest BCUT2D eigenvalue weighted by Gasteiger charge is -2.14. The van der Waals surface area contributed by atoms with Gasteiger partial charge >= 0.3 is 0 Å². The van der Waals surface area contributed by atoms with Crippen LogP contribution in [0.4, 0.5) is 5.69 Å². The summed E-state index contributed by atoms with van der Waals surface area (Å²) in [5, 5.41) is 2.62. The van der Waals surface area contributed by atoms with E-state index in [1.165, 1.54) is 17.8 Å². The van der Waals surface area contributed by atoms with Crippen molar-refractivity contribution in [3.63, 3.8) is 0 Å². The van der Waals surface area contributed by atoms with E-state index in [2.05, 4.69) is 5.32 Å². The summed E-state index contributed by atoms with van der Waals surface area (Å²) in [6.07, 6.45) is 2.18. The summed E-state index contributed by atoms with van der Waals surface area (Å²) in [4.78, 5) is 23.8. The van der Waals surface area contributed by atoms with Crippen LogP contribution in [0.25, 0.3) is 0 Å². The van der Waals surface area contributed by atoms with E-state index in [4.69, 9.17) is 9.47 Å². The smallest absolute Gasteiger partial charge is 0.250 e. The summed E-state index contributed by atoms with van der Waals surface area (Å²) in [5.74, 6) is -0.0945. The van der Waals surface area contributed by atoms with Gasteiger partial charge in [0, 0.05) is 33.0 Å². The fourth-order valence-corrected chi connectivity index (χ4v) is 3.60. The molecule has 1 aliphatic heterocycles. The minimum absolute atomic E-state index is 0.0790. The Bertz CT molecular complexity index is 548. The SMILES string of the molecule is CCn1cc(NC(=O)C2CC(OC)C(OC)S2)ccc1=O. The van der Waals surface area contributed by atoms with E-state index < -0.39 is 0 Å². The predicted molar refractivity (Wildman–Crippen MR) is 82.6 cm³/mol. The van der Waals surface area contributed by atoms with Crippen molar-refractivity contribution in [3.05, 3.63) is 28.7 Å². The van der Waals surface area contributed by atoms with Crippen LogP contribution < -0.4 is 10.9 Å². The van der Waals surface area contributed by atoms with Crippen molar-refractivity contribution in [2.75, 3.05) is 19.5 Å². The van der Waals surface area contributed by atoms with Gasteiger partial charge in [-0.1, -0.05) is 0 Å². The highest BCUT2D eigenvalue weighted by Crippen LogP contribution is 2.36. The van der Waals surface area contributed by atoms with Crippen molar-refractivity contribution in [3.8, 4) is 0 Å². The minimum atomic E-state index is -0.220. The number of amides is 1. The van der Waals surface area contributed by atoms with Gasteiger partial charge in [0.1, 0.15) is 5.44 Å². The summed E-state index contributed by atoms with van der Waals surface area (Å²) < 4.78 is 12.2. The van der Waals surface area contributed by atoms with Gasteiger partial charge in [-0.15, -0.1) is 11.8 Å². The molecule has 1 aliphatic rings. The molecule has 1 aromatic rings. The van der Waals surface area contributed by atoms with E-state index in [9.17, 15) is 9.59 Å². The molecule has 3 unspecified atom stereocenters. The zero-order valence-electron chi connectivity index (χ0n) is 12.4. The summed E-state index contributed by atoms with van der Waals surface area (Å²) in [7, 11) is 3.23. The number of rotatable bonds is 5. The number of hydrogen-bond acceptors (Lipinski definition) is 5. The summed E-state index contributed by atoms with van der Waals surface area (Å²) >= 11 is 1.46. The third-order valence-electron chi connectivity index (χ3n) is 3.47. The molecule has 3 atom stereocenters. The standard InChI is InChI=1S/C14H20N2O4S/c1-4-16-8-9(5-6-12(16)17)15-13(18)11-7-10(19-2)14(20-3)21-11/h5-6,8,10-11,14H,4,7H2,1-3H3,(H,15,18). The second-order valence-corrected chi connectivity index (χ2v) is 6.08. The van der Waals surface area contributed by atoms with Gasteiger partial charge in [0.05, 0.1) is 17.0 Å². The largest absolute Gasteiger partial charge is 0.378 e. The summed E-state index contributed by atoms with van der Waals surface area (Å²) in [6, 6.07) is 3.07. The lowest BCUT2D eigenvalue weighted by Crippen LogP contribution is -2.26. The highest BCUT2D eigenvalue weighted by molar-refractivity contribution is 8.01. The van der Waals surface area contributed by atoms with Crippen molar-refractivity contribution in [2.45, 2.75) is 36.7 Å². The molecule has 0 aromatic carbocycles. The van der Waals surface area contributed by atoms with Gasteiger partial charge < -0.3 is 19.4 Å². The number of carbonyl (C=O) groups is 1. The molecule has 2 heterocycles. The molecule has 0 saturated carbocycles. The number of methoxy groups -OCH3 is 2. The zero-order valence-corrected chi connectivity index (χ0v) is 13.2. The molecular weight excluding hydrogens is 292 g/mol. The van der Waals surface area contributed by atoms with Gasteiger partial charge in [0.15, 0.2) is 0 Å². The van der Waals surface area contributed by atoms with Crippen LogP contribution >= 0.6 is 11.8 Å². The average molecular weight is 312 g/mol. The quantitative estimate of drug-likeness (QED) is 0.887. The topological polar surface area (TPSA) is 69.6 Å². The van der Waals surface area contributed by atoms with Gasteiger partial charge in [-0.05, 0) is 19.4 Å². The number of nitrogens with one attached hydrogen (secondary N) is 1. The Kier molecular flexibility index (Phi) is 5.44. The van der Waals surface area contributed by atoms with Crippen LogP contribution in [-0.4, -0.2) is 41.5 Å². The first-order chi connectivity index (χ1) is 10.1. The minimum Gasteiger partial charge on any atom is -0.378 e. The Hall–Kier alpha value is -1.31. The molecule has 1 aromatic heterocycles. The third-order valence-corrected chi connectivity index (χ3v) is 4.97. The van der Waals surface area contributed by atoms with Crippen molar-refractivity contribution in [2.24, 2.45) is 0 Å². The Morgan fingerprint density at radius 2 is 2.19 bits per heavy atom. The molecule has 0 spiro atoms. The van der Waals surface area contributed by atoms with Crippen LogP contribution in [0.3, 0.4) is 0 Å². The first-order valence-corrected chi connectivity index (χ1v) is 7.75. The molecule has 7 heteroatoms. The fourth-order valence-electron chi connectivity index (χ4n) is 2.29. The van der Waals surface area contributed by atoms with Crippen LogP contribution in [0.1, 0.15) is 13.3 Å².